The second kappa shape index (κ2) is 5.63. The van der Waals surface area contributed by atoms with Crippen molar-refractivity contribution in [3.05, 3.63) is 39.9 Å². The lowest BCUT2D eigenvalue weighted by Crippen LogP contribution is -2.31. The maximum atomic E-state index is 11.2. The van der Waals surface area contributed by atoms with Crippen LogP contribution < -0.4 is 4.90 Å². The van der Waals surface area contributed by atoms with Crippen LogP contribution >= 0.6 is 23.2 Å². The molecule has 0 atom stereocenters. The molecule has 5 heteroatoms. The Balaban J connectivity index is 2.38. The molecule has 0 saturated heterocycles. The number of fused-ring (bicyclic) bond motifs is 1. The van der Waals surface area contributed by atoms with Gasteiger partial charge in [0, 0.05) is 22.8 Å². The Kier molecular flexibility index (Phi) is 4.15. The predicted molar refractivity (Wildman–Crippen MR) is 73.7 cm³/mol. The minimum atomic E-state index is -0.882. The summed E-state index contributed by atoms with van der Waals surface area (Å²) in [4.78, 5) is 13.2. The van der Waals surface area contributed by atoms with Gasteiger partial charge in [-0.05, 0) is 30.5 Å². The number of carboxylic acid groups (broad SMARTS) is 1. The van der Waals surface area contributed by atoms with E-state index in [1.54, 1.807) is 12.1 Å². The molecular weight excluding hydrogens is 273 g/mol. The van der Waals surface area contributed by atoms with E-state index < -0.39 is 5.97 Å². The normalized spacial score (nSPS) is 15.4. The van der Waals surface area contributed by atoms with Crippen LogP contribution in [0.2, 0.25) is 0 Å². The fraction of sp³-hybridized carbons (Fsp3) is 0.308. The molecule has 1 aromatic rings. The van der Waals surface area contributed by atoms with Gasteiger partial charge in [-0.25, -0.2) is 4.79 Å². The second-order valence-electron chi connectivity index (χ2n) is 4.19. The second-order valence-corrected chi connectivity index (χ2v) is 4.89. The highest BCUT2D eigenvalue weighted by Crippen LogP contribution is 2.30. The zero-order valence-corrected chi connectivity index (χ0v) is 11.2. The van der Waals surface area contributed by atoms with E-state index in [1.807, 2.05) is 6.07 Å². The maximum Gasteiger partial charge on any atom is 0.336 e. The third-order valence-corrected chi connectivity index (χ3v) is 3.64. The molecule has 0 fully saturated rings. The van der Waals surface area contributed by atoms with E-state index in [9.17, 15) is 9.90 Å². The van der Waals surface area contributed by atoms with Crippen LogP contribution in [0.5, 0.6) is 0 Å². The van der Waals surface area contributed by atoms with Crippen LogP contribution in [0.4, 0.5) is 5.69 Å². The van der Waals surface area contributed by atoms with Gasteiger partial charge in [-0.3, -0.25) is 0 Å². The summed E-state index contributed by atoms with van der Waals surface area (Å²) in [6.45, 7) is 1.37. The molecule has 0 aromatic heterocycles. The number of anilines is 1. The number of benzene rings is 1. The first-order valence-corrected chi connectivity index (χ1v) is 6.50. The number of aromatic carboxylic acids is 1. The van der Waals surface area contributed by atoms with Crippen molar-refractivity contribution in [3.8, 4) is 0 Å². The topological polar surface area (TPSA) is 40.5 Å². The van der Waals surface area contributed by atoms with Crippen LogP contribution in [-0.4, -0.2) is 24.2 Å². The molecule has 18 heavy (non-hydrogen) atoms. The molecule has 0 spiro atoms. The van der Waals surface area contributed by atoms with E-state index in [1.165, 1.54) is 5.54 Å². The van der Waals surface area contributed by atoms with Crippen molar-refractivity contribution in [2.75, 3.05) is 18.0 Å². The lowest BCUT2D eigenvalue weighted by Gasteiger charge is -2.31. The van der Waals surface area contributed by atoms with Crippen LogP contribution in [0.25, 0.3) is 0 Å². The van der Waals surface area contributed by atoms with Gasteiger partial charge in [0.2, 0.25) is 0 Å². The molecule has 96 valence electrons. The summed E-state index contributed by atoms with van der Waals surface area (Å²) in [5.74, 6) is -0.882. The standard InChI is InChI=1S/C13H13Cl2NO2/c14-7-9(15)8-16-6-2-4-10-11(13(17)18)3-1-5-12(10)16/h1,3,5,7H,2,4,6,8H2,(H,17,18). The average Bonchev–Trinajstić information content (AvgIpc) is 2.38. The Morgan fingerprint density at radius 1 is 1.50 bits per heavy atom. The molecule has 0 radical (unpaired) electrons. The monoisotopic (exact) mass is 285 g/mol. The Morgan fingerprint density at radius 2 is 2.28 bits per heavy atom. The van der Waals surface area contributed by atoms with Gasteiger partial charge < -0.3 is 10.0 Å². The summed E-state index contributed by atoms with van der Waals surface area (Å²) >= 11 is 11.5. The average molecular weight is 286 g/mol. The first-order chi connectivity index (χ1) is 8.63. The third-order valence-electron chi connectivity index (χ3n) is 3.04. The molecule has 3 nitrogen and oxygen atoms in total. The van der Waals surface area contributed by atoms with Gasteiger partial charge in [0.1, 0.15) is 0 Å². The number of carboxylic acids is 1. The van der Waals surface area contributed by atoms with Gasteiger partial charge in [-0.1, -0.05) is 29.3 Å². The summed E-state index contributed by atoms with van der Waals surface area (Å²) in [5, 5.41) is 9.72. The number of nitrogens with zero attached hydrogens (tertiary/aromatic N) is 1. The van der Waals surface area contributed by atoms with Crippen LogP contribution in [0, 0.1) is 0 Å². The highest BCUT2D eigenvalue weighted by Gasteiger charge is 2.22. The number of rotatable bonds is 3. The molecule has 1 heterocycles. The summed E-state index contributed by atoms with van der Waals surface area (Å²) < 4.78 is 0. The minimum Gasteiger partial charge on any atom is -0.478 e. The lowest BCUT2D eigenvalue weighted by molar-refractivity contribution is 0.0695. The van der Waals surface area contributed by atoms with Crippen molar-refractivity contribution in [3.63, 3.8) is 0 Å². The number of halogens is 2. The van der Waals surface area contributed by atoms with E-state index in [4.69, 9.17) is 23.2 Å². The Labute approximate surface area is 116 Å². The van der Waals surface area contributed by atoms with Gasteiger partial charge in [0.25, 0.3) is 0 Å². The summed E-state index contributed by atoms with van der Waals surface area (Å²) in [6, 6.07) is 5.34. The summed E-state index contributed by atoms with van der Waals surface area (Å²) in [7, 11) is 0. The largest absolute Gasteiger partial charge is 0.478 e. The van der Waals surface area contributed by atoms with Gasteiger partial charge in [0.15, 0.2) is 0 Å². The van der Waals surface area contributed by atoms with Crippen molar-refractivity contribution >= 4 is 34.9 Å². The van der Waals surface area contributed by atoms with Crippen LogP contribution in [0.1, 0.15) is 22.3 Å². The van der Waals surface area contributed by atoms with Crippen molar-refractivity contribution in [2.45, 2.75) is 12.8 Å². The molecular formula is C13H13Cl2NO2. The molecule has 0 saturated carbocycles. The predicted octanol–water partition coefficient (Wildman–Crippen LogP) is 3.46. The minimum absolute atomic E-state index is 0.378. The van der Waals surface area contributed by atoms with E-state index in [2.05, 4.69) is 4.90 Å². The van der Waals surface area contributed by atoms with Crippen LogP contribution in [-0.2, 0) is 6.42 Å². The molecule has 0 amide bonds. The van der Waals surface area contributed by atoms with E-state index in [0.29, 0.717) is 17.1 Å². The quantitative estimate of drug-likeness (QED) is 0.925. The summed E-state index contributed by atoms with van der Waals surface area (Å²) in [6.07, 6.45) is 1.71. The number of hydrogen-bond acceptors (Lipinski definition) is 2. The smallest absolute Gasteiger partial charge is 0.336 e. The van der Waals surface area contributed by atoms with E-state index in [0.717, 1.165) is 30.6 Å². The summed E-state index contributed by atoms with van der Waals surface area (Å²) in [5.41, 5.74) is 3.55. The van der Waals surface area contributed by atoms with Gasteiger partial charge in [0.05, 0.1) is 12.1 Å². The van der Waals surface area contributed by atoms with Crippen LogP contribution in [0.3, 0.4) is 0 Å². The van der Waals surface area contributed by atoms with Gasteiger partial charge in [-0.15, -0.1) is 0 Å². The number of carbonyl (C=O) groups is 1. The molecule has 0 bridgehead atoms. The fourth-order valence-corrected chi connectivity index (χ4v) is 2.50. The molecule has 1 aliphatic rings. The lowest BCUT2D eigenvalue weighted by atomic mass is 9.96. The molecule has 1 N–H and O–H groups in total. The molecule has 2 rings (SSSR count). The van der Waals surface area contributed by atoms with Crippen molar-refractivity contribution in [1.82, 2.24) is 0 Å². The Bertz CT molecular complexity index is 500. The maximum absolute atomic E-state index is 11.2. The van der Waals surface area contributed by atoms with Gasteiger partial charge >= 0.3 is 5.97 Å². The van der Waals surface area contributed by atoms with E-state index >= 15 is 0 Å². The highest BCUT2D eigenvalue weighted by molar-refractivity contribution is 6.36. The first kappa shape index (κ1) is 13.2. The molecule has 1 aliphatic heterocycles. The highest BCUT2D eigenvalue weighted by atomic mass is 35.5. The van der Waals surface area contributed by atoms with Crippen molar-refractivity contribution in [2.24, 2.45) is 0 Å². The van der Waals surface area contributed by atoms with E-state index in [-0.39, 0.29) is 0 Å². The molecule has 1 aromatic carbocycles. The van der Waals surface area contributed by atoms with Gasteiger partial charge in [-0.2, -0.15) is 0 Å². The molecule has 0 aliphatic carbocycles. The van der Waals surface area contributed by atoms with Crippen molar-refractivity contribution < 1.29 is 9.90 Å². The molecule has 0 unspecified atom stereocenters. The Morgan fingerprint density at radius 3 is 2.94 bits per heavy atom. The third kappa shape index (κ3) is 2.62. The first-order valence-electron chi connectivity index (χ1n) is 5.68. The van der Waals surface area contributed by atoms with Crippen molar-refractivity contribution in [1.29, 1.82) is 0 Å². The zero-order chi connectivity index (χ0) is 13.1. The number of hydrogen-bond donors (Lipinski definition) is 1. The fourth-order valence-electron chi connectivity index (χ4n) is 2.28. The zero-order valence-electron chi connectivity index (χ0n) is 9.70. The SMILES string of the molecule is O=C(O)c1cccc2c1CCCN2CC(Cl)=CCl. The Hall–Kier alpha value is -1.19. The van der Waals surface area contributed by atoms with Crippen LogP contribution in [0.15, 0.2) is 28.8 Å².